The van der Waals surface area contributed by atoms with Crippen LogP contribution in [-0.4, -0.2) is 59.3 Å². The number of benzene rings is 1. The van der Waals surface area contributed by atoms with E-state index >= 15 is 0 Å². The molecule has 0 spiro atoms. The first-order chi connectivity index (χ1) is 11.0. The van der Waals surface area contributed by atoms with Gasteiger partial charge in [-0.3, -0.25) is 0 Å². The van der Waals surface area contributed by atoms with Crippen molar-refractivity contribution in [2.45, 2.75) is 24.8 Å². The topological polar surface area (TPSA) is 67.9 Å². The minimum Gasteiger partial charge on any atom is -0.491 e. The van der Waals surface area contributed by atoms with E-state index in [0.29, 0.717) is 24.9 Å². The first-order valence-corrected chi connectivity index (χ1v) is 9.41. The Balaban J connectivity index is 1.99. The van der Waals surface area contributed by atoms with Gasteiger partial charge < -0.3 is 14.4 Å². The molecular formula is C16H26N2O4S. The predicted molar refractivity (Wildman–Crippen MR) is 89.2 cm³/mol. The Bertz CT molecular complexity index is 589. The van der Waals surface area contributed by atoms with Crippen molar-refractivity contribution in [2.75, 3.05) is 40.0 Å². The van der Waals surface area contributed by atoms with Gasteiger partial charge in [0.25, 0.3) is 0 Å². The van der Waals surface area contributed by atoms with Gasteiger partial charge in [0.15, 0.2) is 0 Å². The number of rotatable bonds is 8. The van der Waals surface area contributed by atoms with Crippen LogP contribution in [0, 0.1) is 5.92 Å². The number of methoxy groups -OCH3 is 1. The molecule has 0 aliphatic carbocycles. The number of ether oxygens (including phenoxy) is 2. The van der Waals surface area contributed by atoms with Crippen molar-refractivity contribution < 1.29 is 17.9 Å². The summed E-state index contributed by atoms with van der Waals surface area (Å²) in [6, 6.07) is 6.43. The number of sulfonamides is 1. The average Bonchev–Trinajstić information content (AvgIpc) is 2.88. The molecule has 1 N–H and O–H groups in total. The Hall–Kier alpha value is -1.15. The fraction of sp³-hybridized carbons (Fsp3) is 0.625. The summed E-state index contributed by atoms with van der Waals surface area (Å²) in [7, 11) is -1.90. The van der Waals surface area contributed by atoms with Gasteiger partial charge in [-0.2, -0.15) is 0 Å². The van der Waals surface area contributed by atoms with Crippen molar-refractivity contribution in [3.8, 4) is 5.75 Å². The van der Waals surface area contributed by atoms with E-state index in [1.165, 1.54) is 0 Å². The zero-order valence-corrected chi connectivity index (χ0v) is 14.8. The quantitative estimate of drug-likeness (QED) is 0.722. The smallest absolute Gasteiger partial charge is 0.240 e. The van der Waals surface area contributed by atoms with Gasteiger partial charge in [0.1, 0.15) is 12.4 Å². The van der Waals surface area contributed by atoms with Gasteiger partial charge >= 0.3 is 0 Å². The molecule has 2 atom stereocenters. The summed E-state index contributed by atoms with van der Waals surface area (Å²) in [4.78, 5) is 2.52. The lowest BCUT2D eigenvalue weighted by Gasteiger charge is -2.17. The molecule has 1 saturated heterocycles. The second kappa shape index (κ2) is 8.10. The number of nitrogens with zero attached hydrogens (tertiary/aromatic N) is 1. The van der Waals surface area contributed by atoms with Crippen LogP contribution in [0.2, 0.25) is 0 Å². The van der Waals surface area contributed by atoms with E-state index in [2.05, 4.69) is 23.5 Å². The van der Waals surface area contributed by atoms with Crippen molar-refractivity contribution in [3.05, 3.63) is 24.3 Å². The van der Waals surface area contributed by atoms with E-state index in [1.54, 1.807) is 31.4 Å². The maximum atomic E-state index is 12.5. The third-order valence-electron chi connectivity index (χ3n) is 4.13. The van der Waals surface area contributed by atoms with Crippen LogP contribution >= 0.6 is 0 Å². The molecule has 1 heterocycles. The Morgan fingerprint density at radius 2 is 1.91 bits per heavy atom. The van der Waals surface area contributed by atoms with Crippen LogP contribution in [0.15, 0.2) is 29.2 Å². The summed E-state index contributed by atoms with van der Waals surface area (Å²) in [5, 5.41) is 0. The molecule has 1 aliphatic rings. The molecule has 2 rings (SSSR count). The van der Waals surface area contributed by atoms with Crippen LogP contribution in [0.1, 0.15) is 13.8 Å². The molecule has 130 valence electrons. The first kappa shape index (κ1) is 18.2. The minimum absolute atomic E-state index is 0.0439. The molecular weight excluding hydrogens is 316 g/mol. The summed E-state index contributed by atoms with van der Waals surface area (Å²) < 4.78 is 38.2. The zero-order chi connectivity index (χ0) is 16.9. The van der Waals surface area contributed by atoms with Gasteiger partial charge in [-0.15, -0.1) is 0 Å². The molecule has 6 nitrogen and oxygen atoms in total. The van der Waals surface area contributed by atoms with Crippen LogP contribution in [0.4, 0.5) is 0 Å². The summed E-state index contributed by atoms with van der Waals surface area (Å²) in [5.74, 6) is 0.939. The average molecular weight is 342 g/mol. The highest BCUT2D eigenvalue weighted by atomic mass is 32.2. The highest BCUT2D eigenvalue weighted by molar-refractivity contribution is 7.89. The van der Waals surface area contributed by atoms with Crippen molar-refractivity contribution in [1.82, 2.24) is 9.62 Å². The van der Waals surface area contributed by atoms with Crippen LogP contribution < -0.4 is 9.46 Å². The molecule has 1 fully saturated rings. The van der Waals surface area contributed by atoms with Crippen molar-refractivity contribution in [3.63, 3.8) is 0 Å². The molecule has 0 aromatic heterocycles. The van der Waals surface area contributed by atoms with Crippen LogP contribution in [0.25, 0.3) is 0 Å². The zero-order valence-electron chi connectivity index (χ0n) is 14.0. The minimum atomic E-state index is -3.51. The monoisotopic (exact) mass is 342 g/mol. The molecule has 0 amide bonds. The lowest BCUT2D eigenvalue weighted by atomic mass is 10.1. The fourth-order valence-electron chi connectivity index (χ4n) is 2.70. The number of likely N-dealkylation sites (N-methyl/N-ethyl adjacent to an activating group) is 1. The van der Waals surface area contributed by atoms with E-state index in [-0.39, 0.29) is 10.9 Å². The van der Waals surface area contributed by atoms with E-state index < -0.39 is 10.0 Å². The largest absolute Gasteiger partial charge is 0.491 e. The Morgan fingerprint density at radius 3 is 2.48 bits per heavy atom. The molecule has 0 radical (unpaired) electrons. The highest BCUT2D eigenvalue weighted by Gasteiger charge is 2.32. The molecule has 1 aromatic carbocycles. The van der Waals surface area contributed by atoms with E-state index in [4.69, 9.17) is 9.47 Å². The van der Waals surface area contributed by atoms with Gasteiger partial charge in [0.05, 0.1) is 11.5 Å². The first-order valence-electron chi connectivity index (χ1n) is 7.92. The molecule has 23 heavy (non-hydrogen) atoms. The second-order valence-electron chi connectivity index (χ2n) is 5.87. The standard InChI is InChI=1S/C16H26N2O4S/c1-4-18-11-13(2)16(12-18)17-23(19,20)15-7-5-14(6-8-15)22-10-9-21-3/h5-8,13,16-17H,4,9-12H2,1-3H3/t13-,16+/m0/s1. The van der Waals surface area contributed by atoms with Crippen LogP contribution in [0.5, 0.6) is 5.75 Å². The normalized spacial score (nSPS) is 22.4. The summed E-state index contributed by atoms with van der Waals surface area (Å²) >= 11 is 0. The highest BCUT2D eigenvalue weighted by Crippen LogP contribution is 2.20. The maximum absolute atomic E-state index is 12.5. The number of nitrogens with one attached hydrogen (secondary N) is 1. The predicted octanol–water partition coefficient (Wildman–Crippen LogP) is 1.33. The fourth-order valence-corrected chi connectivity index (χ4v) is 4.04. The molecule has 0 unspecified atom stereocenters. The number of likely N-dealkylation sites (tertiary alicyclic amines) is 1. The van der Waals surface area contributed by atoms with Crippen LogP contribution in [0.3, 0.4) is 0 Å². The van der Waals surface area contributed by atoms with Gasteiger partial charge in [-0.05, 0) is 36.7 Å². The van der Waals surface area contributed by atoms with Gasteiger partial charge in [-0.1, -0.05) is 13.8 Å². The van der Waals surface area contributed by atoms with Gasteiger partial charge in [-0.25, -0.2) is 13.1 Å². The van der Waals surface area contributed by atoms with Crippen molar-refractivity contribution in [2.24, 2.45) is 5.92 Å². The second-order valence-corrected chi connectivity index (χ2v) is 7.58. The Labute approximate surface area is 138 Å². The lowest BCUT2D eigenvalue weighted by molar-refractivity contribution is 0.146. The summed E-state index contributed by atoms with van der Waals surface area (Å²) in [6.45, 7) is 7.73. The third-order valence-corrected chi connectivity index (χ3v) is 5.64. The number of hydrogen-bond donors (Lipinski definition) is 1. The maximum Gasteiger partial charge on any atom is 0.240 e. The van der Waals surface area contributed by atoms with E-state index in [0.717, 1.165) is 19.6 Å². The van der Waals surface area contributed by atoms with E-state index in [9.17, 15) is 8.42 Å². The van der Waals surface area contributed by atoms with Crippen molar-refractivity contribution in [1.29, 1.82) is 0 Å². The summed E-state index contributed by atoms with van der Waals surface area (Å²) in [6.07, 6.45) is 0. The molecule has 1 aliphatic heterocycles. The van der Waals surface area contributed by atoms with Gasteiger partial charge in [0, 0.05) is 26.2 Å². The molecule has 1 aromatic rings. The van der Waals surface area contributed by atoms with Gasteiger partial charge in [0.2, 0.25) is 10.0 Å². The number of hydrogen-bond acceptors (Lipinski definition) is 5. The van der Waals surface area contributed by atoms with Crippen LogP contribution in [-0.2, 0) is 14.8 Å². The van der Waals surface area contributed by atoms with Crippen molar-refractivity contribution >= 4 is 10.0 Å². The third kappa shape index (κ3) is 4.91. The van der Waals surface area contributed by atoms with E-state index in [1.807, 2.05) is 0 Å². The molecule has 7 heteroatoms. The Kier molecular flexibility index (Phi) is 6.41. The summed E-state index contributed by atoms with van der Waals surface area (Å²) in [5.41, 5.74) is 0. The SMILES string of the molecule is CCN1C[C@H](C)[C@H](NS(=O)(=O)c2ccc(OCCOC)cc2)C1. The molecule has 0 bridgehead atoms. The lowest BCUT2D eigenvalue weighted by Crippen LogP contribution is -2.39. The Morgan fingerprint density at radius 1 is 1.22 bits per heavy atom. The molecule has 0 saturated carbocycles.